The van der Waals surface area contributed by atoms with Gasteiger partial charge in [-0.1, -0.05) is 11.6 Å². The molecule has 1 aromatic carbocycles. The highest BCUT2D eigenvalue weighted by Gasteiger charge is 2.39. The van der Waals surface area contributed by atoms with Crippen molar-refractivity contribution in [2.75, 3.05) is 7.11 Å². The zero-order valence-corrected chi connectivity index (χ0v) is 10.9. The molecule has 0 fully saturated rings. The number of ether oxygens (including phenoxy) is 1. The Kier molecular flexibility index (Phi) is 3.76. The minimum Gasteiger partial charge on any atom is -0.468 e. The fourth-order valence-electron chi connectivity index (χ4n) is 1.58. The van der Waals surface area contributed by atoms with Gasteiger partial charge in [0.05, 0.1) is 7.11 Å². The lowest BCUT2D eigenvalue weighted by Gasteiger charge is -2.05. The van der Waals surface area contributed by atoms with Gasteiger partial charge in [0, 0.05) is 16.7 Å². The van der Waals surface area contributed by atoms with Gasteiger partial charge in [0.15, 0.2) is 5.76 Å². The number of benzene rings is 1. The lowest BCUT2D eigenvalue weighted by atomic mass is 10.1. The van der Waals surface area contributed by atoms with Crippen LogP contribution in [-0.2, 0) is 6.18 Å². The van der Waals surface area contributed by atoms with Crippen molar-refractivity contribution in [1.82, 2.24) is 0 Å². The summed E-state index contributed by atoms with van der Waals surface area (Å²) in [5.41, 5.74) is -1.13. The number of methoxy groups -OCH3 is 1. The molecule has 2 aromatic rings. The van der Waals surface area contributed by atoms with Crippen molar-refractivity contribution in [3.05, 3.63) is 52.2 Å². The minimum absolute atomic E-state index is 0.0388. The van der Waals surface area contributed by atoms with Crippen LogP contribution in [0.4, 0.5) is 13.2 Å². The van der Waals surface area contributed by atoms with Gasteiger partial charge in [-0.3, -0.25) is 4.79 Å². The van der Waals surface area contributed by atoms with Gasteiger partial charge in [-0.05, 0) is 24.3 Å². The van der Waals surface area contributed by atoms with Crippen LogP contribution in [0.1, 0.15) is 21.7 Å². The predicted octanol–water partition coefficient (Wildman–Crippen LogP) is 4.19. The SMILES string of the molecule is COc1cc(C(F)(F)F)c(C(=O)c2ccc(Cl)cc2)o1. The molecule has 0 bridgehead atoms. The molecule has 0 spiro atoms. The second-order valence-corrected chi connectivity index (χ2v) is 4.28. The number of furan rings is 1. The van der Waals surface area contributed by atoms with E-state index in [1.807, 2.05) is 0 Å². The third kappa shape index (κ3) is 2.80. The molecule has 0 aliphatic carbocycles. The fraction of sp³-hybridized carbons (Fsp3) is 0.154. The Morgan fingerprint density at radius 3 is 2.35 bits per heavy atom. The molecule has 3 nitrogen and oxygen atoms in total. The Bertz CT molecular complexity index is 629. The van der Waals surface area contributed by atoms with Crippen LogP contribution in [0.25, 0.3) is 0 Å². The summed E-state index contributed by atoms with van der Waals surface area (Å²) < 4.78 is 48.0. The van der Waals surface area contributed by atoms with Crippen LogP contribution in [0.15, 0.2) is 34.7 Å². The number of hydrogen-bond acceptors (Lipinski definition) is 3. The van der Waals surface area contributed by atoms with Gasteiger partial charge >= 0.3 is 6.18 Å². The molecule has 0 saturated heterocycles. The maximum atomic E-state index is 12.8. The minimum atomic E-state index is -4.71. The maximum Gasteiger partial charge on any atom is 0.420 e. The molecule has 0 N–H and O–H groups in total. The second kappa shape index (κ2) is 5.20. The summed E-state index contributed by atoms with van der Waals surface area (Å²) in [4.78, 5) is 12.1. The Morgan fingerprint density at radius 1 is 1.25 bits per heavy atom. The summed E-state index contributed by atoms with van der Waals surface area (Å²) in [6, 6.07) is 6.09. The predicted molar refractivity (Wildman–Crippen MR) is 65.1 cm³/mol. The molecule has 0 aliphatic heterocycles. The van der Waals surface area contributed by atoms with E-state index in [2.05, 4.69) is 4.74 Å². The number of rotatable bonds is 3. The standard InChI is InChI=1S/C13H8ClF3O3/c1-19-10-6-9(13(15,16)17)12(20-10)11(18)7-2-4-8(14)5-3-7/h2-6H,1H3. The van der Waals surface area contributed by atoms with Crippen LogP contribution in [0.5, 0.6) is 5.95 Å². The number of carbonyl (C=O) groups is 1. The van der Waals surface area contributed by atoms with Gasteiger partial charge < -0.3 is 9.15 Å². The first-order chi connectivity index (χ1) is 9.32. The lowest BCUT2D eigenvalue weighted by molar-refractivity contribution is -0.138. The van der Waals surface area contributed by atoms with Crippen molar-refractivity contribution in [1.29, 1.82) is 0 Å². The van der Waals surface area contributed by atoms with Crippen molar-refractivity contribution >= 4 is 17.4 Å². The highest BCUT2D eigenvalue weighted by atomic mass is 35.5. The first kappa shape index (κ1) is 14.5. The van der Waals surface area contributed by atoms with E-state index in [1.165, 1.54) is 24.3 Å². The zero-order chi connectivity index (χ0) is 14.9. The monoisotopic (exact) mass is 304 g/mol. The van der Waals surface area contributed by atoms with Crippen molar-refractivity contribution in [2.45, 2.75) is 6.18 Å². The van der Waals surface area contributed by atoms with Gasteiger partial charge in [0.25, 0.3) is 5.95 Å². The maximum absolute atomic E-state index is 12.8. The summed E-state index contributed by atoms with van der Waals surface area (Å²) in [5, 5.41) is 0.370. The van der Waals surface area contributed by atoms with Gasteiger partial charge in [-0.25, -0.2) is 0 Å². The molecule has 20 heavy (non-hydrogen) atoms. The second-order valence-electron chi connectivity index (χ2n) is 3.85. The van der Waals surface area contributed by atoms with Gasteiger partial charge in [-0.15, -0.1) is 0 Å². The topological polar surface area (TPSA) is 39.4 Å². The van der Waals surface area contributed by atoms with E-state index in [0.29, 0.717) is 11.1 Å². The summed E-state index contributed by atoms with van der Waals surface area (Å²) in [7, 11) is 1.15. The molecular weight excluding hydrogens is 297 g/mol. The Balaban J connectivity index is 2.48. The fourth-order valence-corrected chi connectivity index (χ4v) is 1.71. The number of carbonyl (C=O) groups excluding carboxylic acids is 1. The van der Waals surface area contributed by atoms with Crippen molar-refractivity contribution in [2.24, 2.45) is 0 Å². The van der Waals surface area contributed by atoms with E-state index < -0.39 is 23.3 Å². The summed E-state index contributed by atoms with van der Waals surface area (Å²) in [6.45, 7) is 0. The molecule has 7 heteroatoms. The number of alkyl halides is 3. The van der Waals surface area contributed by atoms with Crippen LogP contribution in [-0.4, -0.2) is 12.9 Å². The molecular formula is C13H8ClF3O3. The third-order valence-electron chi connectivity index (χ3n) is 2.53. The van der Waals surface area contributed by atoms with Crippen LogP contribution in [0.3, 0.4) is 0 Å². The normalized spacial score (nSPS) is 11.4. The average molecular weight is 305 g/mol. The lowest BCUT2D eigenvalue weighted by Crippen LogP contribution is -2.11. The Labute approximate surface area is 116 Å². The first-order valence-electron chi connectivity index (χ1n) is 5.38. The molecule has 1 heterocycles. The summed E-state index contributed by atoms with van der Waals surface area (Å²) >= 11 is 5.66. The molecule has 0 atom stereocenters. The quantitative estimate of drug-likeness (QED) is 0.798. The van der Waals surface area contributed by atoms with E-state index >= 15 is 0 Å². The van der Waals surface area contributed by atoms with E-state index in [9.17, 15) is 18.0 Å². The molecule has 2 rings (SSSR count). The van der Waals surface area contributed by atoms with Crippen LogP contribution in [0, 0.1) is 0 Å². The molecule has 0 aliphatic rings. The van der Waals surface area contributed by atoms with Crippen molar-refractivity contribution in [3.63, 3.8) is 0 Å². The molecule has 0 radical (unpaired) electrons. The smallest absolute Gasteiger partial charge is 0.420 e. The van der Waals surface area contributed by atoms with Gasteiger partial charge in [0.2, 0.25) is 5.78 Å². The highest BCUT2D eigenvalue weighted by molar-refractivity contribution is 6.30. The van der Waals surface area contributed by atoms with E-state index in [-0.39, 0.29) is 11.5 Å². The molecule has 0 unspecified atom stereocenters. The van der Waals surface area contributed by atoms with E-state index in [4.69, 9.17) is 16.0 Å². The Hall–Kier alpha value is -1.95. The van der Waals surface area contributed by atoms with Gasteiger partial charge in [0.1, 0.15) is 5.56 Å². The van der Waals surface area contributed by atoms with Crippen LogP contribution >= 0.6 is 11.6 Å². The highest BCUT2D eigenvalue weighted by Crippen LogP contribution is 2.37. The summed E-state index contributed by atoms with van der Waals surface area (Å²) in [6.07, 6.45) is -4.71. The Morgan fingerprint density at radius 2 is 1.85 bits per heavy atom. The molecule has 1 aromatic heterocycles. The van der Waals surface area contributed by atoms with Gasteiger partial charge in [-0.2, -0.15) is 13.2 Å². The average Bonchev–Trinajstić information content (AvgIpc) is 2.83. The molecule has 0 amide bonds. The van der Waals surface area contributed by atoms with Crippen LogP contribution < -0.4 is 4.74 Å². The molecule has 0 saturated carbocycles. The largest absolute Gasteiger partial charge is 0.468 e. The van der Waals surface area contributed by atoms with Crippen LogP contribution in [0.2, 0.25) is 5.02 Å². The van der Waals surface area contributed by atoms with E-state index in [1.54, 1.807) is 0 Å². The number of halogens is 4. The third-order valence-corrected chi connectivity index (χ3v) is 2.78. The van der Waals surface area contributed by atoms with Crippen molar-refractivity contribution in [3.8, 4) is 5.95 Å². The summed E-state index contributed by atoms with van der Waals surface area (Å²) in [5.74, 6) is -2.08. The van der Waals surface area contributed by atoms with Crippen molar-refractivity contribution < 1.29 is 27.1 Å². The number of ketones is 1. The number of hydrogen-bond donors (Lipinski definition) is 0. The van der Waals surface area contributed by atoms with E-state index in [0.717, 1.165) is 7.11 Å². The first-order valence-corrected chi connectivity index (χ1v) is 5.76. The zero-order valence-electron chi connectivity index (χ0n) is 10.1. The molecule has 106 valence electrons.